The van der Waals surface area contributed by atoms with Crippen molar-refractivity contribution in [2.24, 2.45) is 23.2 Å². The van der Waals surface area contributed by atoms with Crippen LogP contribution in [0.5, 0.6) is 0 Å². The largest absolute Gasteiger partial charge is 0.463 e. The van der Waals surface area contributed by atoms with Crippen LogP contribution in [0.1, 0.15) is 104 Å². The van der Waals surface area contributed by atoms with Crippen LogP contribution in [-0.4, -0.2) is 25.9 Å². The molecule has 0 aromatic carbocycles. The van der Waals surface area contributed by atoms with Crippen LogP contribution in [0.15, 0.2) is 23.2 Å². The molecule has 0 aliphatic heterocycles. The lowest BCUT2D eigenvalue weighted by Gasteiger charge is -2.44. The second-order valence-corrected chi connectivity index (χ2v) is 16.8. The van der Waals surface area contributed by atoms with Crippen molar-refractivity contribution in [1.29, 1.82) is 0 Å². The van der Waals surface area contributed by atoms with E-state index in [-0.39, 0.29) is 12.1 Å². The van der Waals surface area contributed by atoms with Crippen molar-refractivity contribution >= 4 is 25.6 Å². The summed E-state index contributed by atoms with van der Waals surface area (Å²) in [5.41, 5.74) is 1.67. The first-order valence-corrected chi connectivity index (χ1v) is 17.7. The van der Waals surface area contributed by atoms with Crippen LogP contribution in [0.2, 0.25) is 18.1 Å². The molecule has 5 atom stereocenters. The van der Waals surface area contributed by atoms with Gasteiger partial charge in [0, 0.05) is 17.7 Å². The van der Waals surface area contributed by atoms with Gasteiger partial charge in [0.15, 0.2) is 8.32 Å². The van der Waals surface area contributed by atoms with Gasteiger partial charge in [-0.3, -0.25) is 0 Å². The van der Waals surface area contributed by atoms with Crippen molar-refractivity contribution < 1.29 is 14.0 Å². The molecule has 1 aromatic heterocycles. The third-order valence-electron chi connectivity index (χ3n) is 9.49. The highest BCUT2D eigenvalue weighted by molar-refractivity contribution is 7.09. The maximum absolute atomic E-state index is 12.2. The van der Waals surface area contributed by atoms with E-state index in [9.17, 15) is 4.79 Å². The topological polar surface area (TPSA) is 48.4 Å². The summed E-state index contributed by atoms with van der Waals surface area (Å²) >= 11 is 1.75. The molecule has 2 aliphatic rings. The minimum atomic E-state index is -1.68. The highest BCUT2D eigenvalue weighted by Gasteiger charge is 2.50. The van der Waals surface area contributed by atoms with Gasteiger partial charge in [0.25, 0.3) is 0 Å². The number of hydrogen-bond donors (Lipinski definition) is 0. The summed E-state index contributed by atoms with van der Waals surface area (Å²) in [5, 5.41) is 3.25. The number of aromatic nitrogens is 1. The molecule has 0 amide bonds. The van der Waals surface area contributed by atoms with E-state index < -0.39 is 8.32 Å². The second kappa shape index (κ2) is 13.0. The minimum absolute atomic E-state index is 0.151. The van der Waals surface area contributed by atoms with Crippen molar-refractivity contribution in [1.82, 2.24) is 4.98 Å². The Morgan fingerprint density at radius 2 is 1.97 bits per heavy atom. The van der Waals surface area contributed by atoms with Crippen LogP contribution in [0.4, 0.5) is 0 Å². The molecule has 0 bridgehead atoms. The summed E-state index contributed by atoms with van der Waals surface area (Å²) in [6.45, 7) is 14.3. The smallest absolute Gasteiger partial charge is 0.330 e. The van der Waals surface area contributed by atoms with Gasteiger partial charge in [0.05, 0.1) is 12.7 Å². The van der Waals surface area contributed by atoms with E-state index in [0.717, 1.165) is 18.8 Å². The van der Waals surface area contributed by atoms with Gasteiger partial charge >= 0.3 is 5.97 Å². The fourth-order valence-electron chi connectivity index (χ4n) is 7.28. The van der Waals surface area contributed by atoms with Crippen LogP contribution in [0.25, 0.3) is 0 Å². The maximum atomic E-state index is 12.2. The number of thiazole rings is 1. The number of hydrogen-bond acceptors (Lipinski definition) is 5. The zero-order chi connectivity index (χ0) is 25.5. The first-order chi connectivity index (χ1) is 16.8. The van der Waals surface area contributed by atoms with Gasteiger partial charge in [-0.2, -0.15) is 0 Å². The number of carbonyl (C=O) groups is 1. The van der Waals surface area contributed by atoms with Gasteiger partial charge in [-0.25, -0.2) is 9.78 Å². The van der Waals surface area contributed by atoms with E-state index in [1.165, 1.54) is 67.2 Å². The molecule has 0 spiro atoms. The van der Waals surface area contributed by atoms with Gasteiger partial charge in [-0.1, -0.05) is 53.0 Å². The van der Waals surface area contributed by atoms with Crippen molar-refractivity contribution in [3.8, 4) is 0 Å². The van der Waals surface area contributed by atoms with Crippen molar-refractivity contribution in [3.05, 3.63) is 28.2 Å². The zero-order valence-electron chi connectivity index (χ0n) is 23.1. The van der Waals surface area contributed by atoms with Crippen molar-refractivity contribution in [3.63, 3.8) is 0 Å². The van der Waals surface area contributed by atoms with Gasteiger partial charge in [-0.05, 0) is 86.7 Å². The van der Waals surface area contributed by atoms with Gasteiger partial charge in [0.2, 0.25) is 0 Å². The van der Waals surface area contributed by atoms with Gasteiger partial charge in [-0.15, -0.1) is 11.3 Å². The molecule has 0 saturated heterocycles. The Labute approximate surface area is 219 Å². The van der Waals surface area contributed by atoms with E-state index in [2.05, 4.69) is 45.0 Å². The number of fused-ring (bicyclic) bond motifs is 1. The van der Waals surface area contributed by atoms with Crippen molar-refractivity contribution in [2.75, 3.05) is 6.61 Å². The summed E-state index contributed by atoms with van der Waals surface area (Å²) in [7, 11) is -1.68. The van der Waals surface area contributed by atoms with Gasteiger partial charge in [0.1, 0.15) is 5.01 Å². The first kappa shape index (κ1) is 28.6. The van der Waals surface area contributed by atoms with E-state index >= 15 is 0 Å². The number of carbonyl (C=O) groups excluding carboxylic acids is 1. The third kappa shape index (κ3) is 6.67. The predicted octanol–water partition coefficient (Wildman–Crippen LogP) is 8.72. The lowest BCUT2D eigenvalue weighted by atomic mass is 9.60. The predicted molar refractivity (Wildman–Crippen MR) is 149 cm³/mol. The maximum Gasteiger partial charge on any atom is 0.330 e. The van der Waals surface area contributed by atoms with Crippen LogP contribution >= 0.6 is 11.3 Å². The Morgan fingerprint density at radius 1 is 1.23 bits per heavy atom. The molecule has 0 N–H and O–H groups in total. The highest BCUT2D eigenvalue weighted by Crippen LogP contribution is 2.60. The summed E-state index contributed by atoms with van der Waals surface area (Å²) in [4.78, 5) is 16.8. The molecule has 1 heterocycles. The van der Waals surface area contributed by atoms with Gasteiger partial charge < -0.3 is 9.16 Å². The van der Waals surface area contributed by atoms with Crippen LogP contribution < -0.4 is 0 Å². The van der Waals surface area contributed by atoms with Crippen LogP contribution in [0.3, 0.4) is 0 Å². The molecule has 2 fully saturated rings. The fraction of sp³-hybridized carbons (Fsp3) is 0.793. The monoisotopic (exact) mass is 519 g/mol. The number of ether oxygens (including phenoxy) is 1. The molecule has 2 aliphatic carbocycles. The molecular weight excluding hydrogens is 470 g/mol. The number of esters is 1. The molecule has 35 heavy (non-hydrogen) atoms. The van der Waals surface area contributed by atoms with Crippen LogP contribution in [0, 0.1) is 23.2 Å². The van der Waals surface area contributed by atoms with Crippen LogP contribution in [-0.2, 0) is 14.0 Å². The summed E-state index contributed by atoms with van der Waals surface area (Å²) in [6.07, 6.45) is 13.5. The fourth-order valence-corrected chi connectivity index (χ4v) is 10.9. The van der Waals surface area contributed by atoms with Crippen molar-refractivity contribution in [2.45, 2.75) is 117 Å². The Kier molecular flexibility index (Phi) is 10.6. The normalized spacial score (nSPS) is 27.5. The standard InChI is InChI=1S/C29H49NO3SSi/c1-7-32-27(31)21-23-14-12-18-29(6)24(16-17-25(23)29)22(5)13-11-15-26(28-30-19-20-34-28)33-35(8-2,9-3)10-4/h19-22,24-26H,7-18H2,1-6H3/t22?,24-,25+,26?,29-/m1/s1. The lowest BCUT2D eigenvalue weighted by molar-refractivity contribution is -0.137. The first-order valence-electron chi connectivity index (χ1n) is 14.3. The zero-order valence-corrected chi connectivity index (χ0v) is 24.9. The molecule has 2 unspecified atom stereocenters. The Balaban J connectivity index is 1.63. The number of rotatable bonds is 13. The number of allylic oxidation sites excluding steroid dienone is 1. The molecule has 3 rings (SSSR count). The highest BCUT2D eigenvalue weighted by atomic mass is 32.1. The molecule has 1 aromatic rings. The van der Waals surface area contributed by atoms with E-state index in [1.807, 2.05) is 19.2 Å². The molecular formula is C29H49NO3SSi. The quantitative estimate of drug-likeness (QED) is 0.148. The summed E-state index contributed by atoms with van der Waals surface area (Å²) in [6, 6.07) is 3.55. The Bertz CT molecular complexity index is 814. The summed E-state index contributed by atoms with van der Waals surface area (Å²) in [5.74, 6) is 1.81. The van der Waals surface area contributed by atoms with E-state index in [0.29, 0.717) is 23.9 Å². The molecule has 0 radical (unpaired) electrons. The molecule has 6 heteroatoms. The SMILES string of the molecule is CCOC(=O)C=C1CCC[C@]2(C)[C@@H](C(C)CCCC(O[Si](CC)(CC)CC)c3nccs3)CC[C@@H]12. The van der Waals surface area contributed by atoms with E-state index in [4.69, 9.17) is 9.16 Å². The Morgan fingerprint density at radius 3 is 2.60 bits per heavy atom. The second-order valence-electron chi connectivity index (χ2n) is 11.2. The third-order valence-corrected chi connectivity index (χ3v) is 15.0. The molecule has 198 valence electrons. The Hall–Kier alpha value is -0.983. The molecule has 2 saturated carbocycles. The lowest BCUT2D eigenvalue weighted by Crippen LogP contribution is -2.37. The minimum Gasteiger partial charge on any atom is -0.463 e. The average molecular weight is 520 g/mol. The summed E-state index contributed by atoms with van der Waals surface area (Å²) < 4.78 is 12.2. The van der Waals surface area contributed by atoms with E-state index in [1.54, 1.807) is 11.3 Å². The average Bonchev–Trinajstić information content (AvgIpc) is 3.50. The molecule has 4 nitrogen and oxygen atoms in total. The number of nitrogens with zero attached hydrogens (tertiary/aromatic N) is 1.